The maximum atomic E-state index is 12.2. The van der Waals surface area contributed by atoms with Gasteiger partial charge < -0.3 is 4.74 Å². The van der Waals surface area contributed by atoms with E-state index >= 15 is 0 Å². The molecule has 0 bridgehead atoms. The van der Waals surface area contributed by atoms with E-state index < -0.39 is 0 Å². The van der Waals surface area contributed by atoms with Crippen molar-refractivity contribution in [1.29, 1.82) is 0 Å². The number of nitrogens with zero attached hydrogens (tertiary/aromatic N) is 1. The Bertz CT molecular complexity index is 832. The summed E-state index contributed by atoms with van der Waals surface area (Å²) in [5, 5.41) is 3.74. The van der Waals surface area contributed by atoms with Crippen molar-refractivity contribution < 1.29 is 9.53 Å². The van der Waals surface area contributed by atoms with Crippen molar-refractivity contribution in [3.05, 3.63) is 53.1 Å². The van der Waals surface area contributed by atoms with E-state index in [-0.39, 0.29) is 5.91 Å². The molecule has 1 amide bonds. The number of benzene rings is 2. The fourth-order valence-corrected chi connectivity index (χ4v) is 3.14. The highest BCUT2D eigenvalue weighted by molar-refractivity contribution is 7.22. The number of ether oxygens (including phenoxy) is 1. The molecule has 0 aliphatic carbocycles. The van der Waals surface area contributed by atoms with Crippen LogP contribution in [0.5, 0.6) is 5.75 Å². The molecule has 0 atom stereocenters. The van der Waals surface area contributed by atoms with E-state index in [1.807, 2.05) is 25.1 Å². The van der Waals surface area contributed by atoms with E-state index in [0.717, 1.165) is 16.0 Å². The lowest BCUT2D eigenvalue weighted by molar-refractivity contribution is 0.102. The first-order chi connectivity index (χ1) is 10.7. The lowest BCUT2D eigenvalue weighted by Gasteiger charge is -2.02. The molecule has 22 heavy (non-hydrogen) atoms. The van der Waals surface area contributed by atoms with E-state index in [1.165, 1.54) is 11.3 Å². The Morgan fingerprint density at radius 2 is 2.14 bits per heavy atom. The number of aromatic nitrogens is 1. The number of carbonyl (C=O) groups excluding carboxylic acids is 1. The van der Waals surface area contributed by atoms with Crippen LogP contribution < -0.4 is 10.1 Å². The fraction of sp³-hybridized carbons (Fsp3) is 0.125. The minimum atomic E-state index is -0.269. The molecule has 4 nitrogen and oxygen atoms in total. The van der Waals surface area contributed by atoms with Crippen LogP contribution in [0.1, 0.15) is 17.3 Å². The van der Waals surface area contributed by atoms with Gasteiger partial charge >= 0.3 is 0 Å². The molecule has 6 heteroatoms. The molecular weight excluding hydrogens is 320 g/mol. The van der Waals surface area contributed by atoms with Gasteiger partial charge in [-0.25, -0.2) is 4.98 Å². The van der Waals surface area contributed by atoms with Crippen LogP contribution in [-0.2, 0) is 0 Å². The third-order valence-electron chi connectivity index (χ3n) is 3.01. The van der Waals surface area contributed by atoms with E-state index in [1.54, 1.807) is 24.3 Å². The number of carbonyl (C=O) groups is 1. The average Bonchev–Trinajstić information content (AvgIpc) is 2.89. The molecule has 2 aromatic carbocycles. The maximum Gasteiger partial charge on any atom is 0.258 e. The smallest absolute Gasteiger partial charge is 0.258 e. The highest BCUT2D eigenvalue weighted by atomic mass is 35.5. The van der Waals surface area contributed by atoms with Crippen LogP contribution in [-0.4, -0.2) is 17.5 Å². The number of halogens is 1. The molecule has 1 N–H and O–H groups in total. The van der Waals surface area contributed by atoms with E-state index in [2.05, 4.69) is 10.3 Å². The summed E-state index contributed by atoms with van der Waals surface area (Å²) in [6, 6.07) is 12.6. The number of amides is 1. The minimum Gasteiger partial charge on any atom is -0.494 e. The maximum absolute atomic E-state index is 12.2. The molecule has 3 rings (SSSR count). The standard InChI is InChI=1S/C16H13ClN2O2S/c1-2-21-10-7-8-13-14(9-10)22-16(18-13)19-15(20)11-5-3-4-6-12(11)17/h3-9H,2H2,1H3,(H,18,19,20). The second-order valence-corrected chi connectivity index (χ2v) is 5.95. The van der Waals surface area contributed by atoms with Crippen molar-refractivity contribution in [3.63, 3.8) is 0 Å². The second-order valence-electron chi connectivity index (χ2n) is 4.52. The van der Waals surface area contributed by atoms with Gasteiger partial charge in [-0.3, -0.25) is 10.1 Å². The SMILES string of the molecule is CCOc1ccc2nc(NC(=O)c3ccccc3Cl)sc2c1. The van der Waals surface area contributed by atoms with Gasteiger partial charge in [0.15, 0.2) is 5.13 Å². The Kier molecular flexibility index (Phi) is 4.27. The molecule has 1 heterocycles. The topological polar surface area (TPSA) is 51.2 Å². The zero-order valence-electron chi connectivity index (χ0n) is 11.8. The molecule has 0 aliphatic heterocycles. The minimum absolute atomic E-state index is 0.269. The number of hydrogen-bond acceptors (Lipinski definition) is 4. The van der Waals surface area contributed by atoms with Gasteiger partial charge in [-0.15, -0.1) is 0 Å². The third-order valence-corrected chi connectivity index (χ3v) is 4.27. The van der Waals surface area contributed by atoms with Crippen molar-refractivity contribution in [1.82, 2.24) is 4.98 Å². The van der Waals surface area contributed by atoms with Gasteiger partial charge in [0.05, 0.1) is 27.4 Å². The Morgan fingerprint density at radius 3 is 2.91 bits per heavy atom. The number of rotatable bonds is 4. The van der Waals surface area contributed by atoms with Crippen molar-refractivity contribution >= 4 is 44.2 Å². The lowest BCUT2D eigenvalue weighted by atomic mass is 10.2. The summed E-state index contributed by atoms with van der Waals surface area (Å²) in [6.45, 7) is 2.55. The van der Waals surface area contributed by atoms with Gasteiger partial charge in [-0.05, 0) is 37.3 Å². The van der Waals surface area contributed by atoms with Crippen molar-refractivity contribution in [2.24, 2.45) is 0 Å². The molecule has 0 unspecified atom stereocenters. The highest BCUT2D eigenvalue weighted by Gasteiger charge is 2.12. The van der Waals surface area contributed by atoms with Crippen LogP contribution in [0.15, 0.2) is 42.5 Å². The van der Waals surface area contributed by atoms with Crippen LogP contribution in [0.4, 0.5) is 5.13 Å². The highest BCUT2D eigenvalue weighted by Crippen LogP contribution is 2.29. The predicted molar refractivity (Wildman–Crippen MR) is 90.2 cm³/mol. The molecule has 112 valence electrons. The van der Waals surface area contributed by atoms with Crippen molar-refractivity contribution in [2.75, 3.05) is 11.9 Å². The molecule has 0 aliphatic rings. The quantitative estimate of drug-likeness (QED) is 0.759. The summed E-state index contributed by atoms with van der Waals surface area (Å²) in [7, 11) is 0. The van der Waals surface area contributed by atoms with Crippen LogP contribution in [0.25, 0.3) is 10.2 Å². The Labute approximate surface area is 136 Å². The van der Waals surface area contributed by atoms with Gasteiger partial charge in [0.1, 0.15) is 5.75 Å². The molecule has 0 saturated carbocycles. The normalized spacial score (nSPS) is 10.6. The van der Waals surface area contributed by atoms with Gasteiger partial charge in [0.25, 0.3) is 5.91 Å². The van der Waals surface area contributed by atoms with Crippen LogP contribution >= 0.6 is 22.9 Å². The fourth-order valence-electron chi connectivity index (χ4n) is 2.02. The average molecular weight is 333 g/mol. The first-order valence-electron chi connectivity index (χ1n) is 6.76. The zero-order valence-corrected chi connectivity index (χ0v) is 13.4. The molecule has 3 aromatic rings. The second kappa shape index (κ2) is 6.34. The number of hydrogen-bond donors (Lipinski definition) is 1. The number of anilines is 1. The van der Waals surface area contributed by atoms with Crippen molar-refractivity contribution in [3.8, 4) is 5.75 Å². The summed E-state index contributed by atoms with van der Waals surface area (Å²) in [4.78, 5) is 16.6. The summed E-state index contributed by atoms with van der Waals surface area (Å²) in [5.41, 5.74) is 1.25. The van der Waals surface area contributed by atoms with Gasteiger partial charge in [0.2, 0.25) is 0 Å². The summed E-state index contributed by atoms with van der Waals surface area (Å²) < 4.78 is 6.42. The summed E-state index contributed by atoms with van der Waals surface area (Å²) in [6.07, 6.45) is 0. The number of nitrogens with one attached hydrogen (secondary N) is 1. The number of thiazole rings is 1. The zero-order chi connectivity index (χ0) is 15.5. The third kappa shape index (κ3) is 3.05. The monoisotopic (exact) mass is 332 g/mol. The molecule has 0 radical (unpaired) electrons. The molecule has 0 spiro atoms. The van der Waals surface area contributed by atoms with Crippen LogP contribution in [0.3, 0.4) is 0 Å². The Balaban J connectivity index is 1.85. The Hall–Kier alpha value is -2.11. The van der Waals surface area contributed by atoms with Gasteiger partial charge in [-0.2, -0.15) is 0 Å². The largest absolute Gasteiger partial charge is 0.494 e. The van der Waals surface area contributed by atoms with Crippen LogP contribution in [0.2, 0.25) is 5.02 Å². The van der Waals surface area contributed by atoms with Crippen LogP contribution in [0, 0.1) is 0 Å². The molecule has 1 aromatic heterocycles. The first-order valence-corrected chi connectivity index (χ1v) is 7.96. The molecule has 0 fully saturated rings. The Morgan fingerprint density at radius 1 is 1.32 bits per heavy atom. The van der Waals surface area contributed by atoms with Gasteiger partial charge in [0, 0.05) is 0 Å². The lowest BCUT2D eigenvalue weighted by Crippen LogP contribution is -2.11. The van der Waals surface area contributed by atoms with E-state index in [9.17, 15) is 4.79 Å². The van der Waals surface area contributed by atoms with E-state index in [0.29, 0.717) is 22.3 Å². The number of fused-ring (bicyclic) bond motifs is 1. The predicted octanol–water partition coefficient (Wildman–Crippen LogP) is 4.60. The van der Waals surface area contributed by atoms with Gasteiger partial charge in [-0.1, -0.05) is 35.1 Å². The molecular formula is C16H13ClN2O2S. The van der Waals surface area contributed by atoms with E-state index in [4.69, 9.17) is 16.3 Å². The van der Waals surface area contributed by atoms with Crippen molar-refractivity contribution in [2.45, 2.75) is 6.92 Å². The summed E-state index contributed by atoms with van der Waals surface area (Å²) >= 11 is 7.43. The molecule has 0 saturated heterocycles. The summed E-state index contributed by atoms with van der Waals surface area (Å²) in [5.74, 6) is 0.525. The first kappa shape index (κ1) is 14.8.